The van der Waals surface area contributed by atoms with Gasteiger partial charge in [0.25, 0.3) is 5.69 Å². The number of anilines is 1. The van der Waals surface area contributed by atoms with E-state index in [1.807, 2.05) is 19.1 Å². The summed E-state index contributed by atoms with van der Waals surface area (Å²) in [5.74, 6) is -0.309. The van der Waals surface area contributed by atoms with E-state index < -0.39 is 4.92 Å². The molecule has 0 heterocycles. The number of aryl methyl sites for hydroxylation is 1. The third-order valence-corrected chi connectivity index (χ3v) is 3.55. The normalized spacial score (nSPS) is 10.6. The Balaban J connectivity index is 2.08. The molecule has 1 N–H and O–H groups in total. The number of hydrogen-bond acceptors (Lipinski definition) is 3. The SMILES string of the molecule is Cc1ccc(NC(=O)C=Cc2cccc([N+](=O)[O-])c2)c(Br)c1. The molecule has 2 rings (SSSR count). The molecule has 0 fully saturated rings. The number of non-ortho nitro benzene ring substituents is 1. The largest absolute Gasteiger partial charge is 0.321 e. The maximum Gasteiger partial charge on any atom is 0.270 e. The number of nitro benzene ring substituents is 1. The zero-order chi connectivity index (χ0) is 16.1. The molecule has 0 saturated heterocycles. The summed E-state index contributed by atoms with van der Waals surface area (Å²) in [4.78, 5) is 22.1. The zero-order valence-corrected chi connectivity index (χ0v) is 13.3. The predicted molar refractivity (Wildman–Crippen MR) is 89.6 cm³/mol. The molecule has 0 bridgehead atoms. The van der Waals surface area contributed by atoms with Crippen LogP contribution in [0, 0.1) is 17.0 Å². The Morgan fingerprint density at radius 2 is 2.05 bits per heavy atom. The molecule has 22 heavy (non-hydrogen) atoms. The lowest BCUT2D eigenvalue weighted by Crippen LogP contribution is -2.08. The summed E-state index contributed by atoms with van der Waals surface area (Å²) < 4.78 is 0.796. The number of carbonyl (C=O) groups is 1. The zero-order valence-electron chi connectivity index (χ0n) is 11.7. The van der Waals surface area contributed by atoms with E-state index in [0.717, 1.165) is 10.0 Å². The first-order valence-corrected chi connectivity index (χ1v) is 7.24. The third kappa shape index (κ3) is 4.26. The van der Waals surface area contributed by atoms with E-state index in [4.69, 9.17) is 0 Å². The minimum Gasteiger partial charge on any atom is -0.321 e. The first-order chi connectivity index (χ1) is 10.5. The molecular formula is C16H13BrN2O3. The van der Waals surface area contributed by atoms with Gasteiger partial charge in [0.05, 0.1) is 10.6 Å². The van der Waals surface area contributed by atoms with Crippen LogP contribution in [0.2, 0.25) is 0 Å². The van der Waals surface area contributed by atoms with Crippen LogP contribution in [-0.2, 0) is 4.79 Å². The molecule has 6 heteroatoms. The summed E-state index contributed by atoms with van der Waals surface area (Å²) in [7, 11) is 0. The van der Waals surface area contributed by atoms with Crippen LogP contribution in [0.1, 0.15) is 11.1 Å². The Labute approximate surface area is 135 Å². The van der Waals surface area contributed by atoms with Gasteiger partial charge < -0.3 is 5.32 Å². The fourth-order valence-electron chi connectivity index (χ4n) is 1.81. The number of carbonyl (C=O) groups excluding carboxylic acids is 1. The first kappa shape index (κ1) is 15.9. The van der Waals surface area contributed by atoms with Crippen molar-refractivity contribution in [3.63, 3.8) is 0 Å². The maximum absolute atomic E-state index is 11.9. The number of halogens is 1. The number of nitrogens with zero attached hydrogens (tertiary/aromatic N) is 1. The molecule has 5 nitrogen and oxygen atoms in total. The monoisotopic (exact) mass is 360 g/mol. The van der Waals surface area contributed by atoms with Crippen molar-refractivity contribution < 1.29 is 9.72 Å². The Morgan fingerprint density at radius 1 is 1.27 bits per heavy atom. The molecule has 0 unspecified atom stereocenters. The van der Waals surface area contributed by atoms with Gasteiger partial charge in [0.15, 0.2) is 0 Å². The van der Waals surface area contributed by atoms with Crippen LogP contribution in [0.15, 0.2) is 53.0 Å². The van der Waals surface area contributed by atoms with Gasteiger partial charge in [0, 0.05) is 22.7 Å². The minimum atomic E-state index is -0.471. The van der Waals surface area contributed by atoms with Crippen molar-refractivity contribution in [1.29, 1.82) is 0 Å². The summed E-state index contributed by atoms with van der Waals surface area (Å²) in [6.07, 6.45) is 2.87. The highest BCUT2D eigenvalue weighted by atomic mass is 79.9. The first-order valence-electron chi connectivity index (χ1n) is 6.45. The van der Waals surface area contributed by atoms with Crippen LogP contribution in [0.4, 0.5) is 11.4 Å². The Bertz CT molecular complexity index is 757. The number of nitrogens with one attached hydrogen (secondary N) is 1. The fraction of sp³-hybridized carbons (Fsp3) is 0.0625. The summed E-state index contributed by atoms with van der Waals surface area (Å²) in [5, 5.41) is 13.4. The molecule has 0 aliphatic carbocycles. The number of hydrogen-bond donors (Lipinski definition) is 1. The molecule has 0 aliphatic rings. The average Bonchev–Trinajstić information content (AvgIpc) is 2.48. The lowest BCUT2D eigenvalue weighted by Gasteiger charge is -2.05. The number of nitro groups is 1. The Kier molecular flexibility index (Phi) is 5.06. The molecule has 2 aromatic carbocycles. The van der Waals surface area contributed by atoms with Crippen molar-refractivity contribution in [2.45, 2.75) is 6.92 Å². The van der Waals surface area contributed by atoms with Crippen LogP contribution in [0.3, 0.4) is 0 Å². The standard InChI is InChI=1S/C16H13BrN2O3/c1-11-5-7-15(14(17)9-11)18-16(20)8-6-12-3-2-4-13(10-12)19(21)22/h2-10H,1H3,(H,18,20). The van der Waals surface area contributed by atoms with E-state index in [1.165, 1.54) is 24.3 Å². The molecule has 0 spiro atoms. The van der Waals surface area contributed by atoms with Gasteiger partial charge in [-0.25, -0.2) is 0 Å². The van der Waals surface area contributed by atoms with Crippen LogP contribution < -0.4 is 5.32 Å². The molecular weight excluding hydrogens is 348 g/mol. The van der Waals surface area contributed by atoms with Gasteiger partial charge in [0.1, 0.15) is 0 Å². The summed E-state index contributed by atoms with van der Waals surface area (Å²) >= 11 is 3.38. The van der Waals surface area contributed by atoms with Crippen molar-refractivity contribution in [3.05, 3.63) is 74.3 Å². The van der Waals surface area contributed by atoms with E-state index in [0.29, 0.717) is 11.3 Å². The topological polar surface area (TPSA) is 72.2 Å². The van der Waals surface area contributed by atoms with Crippen molar-refractivity contribution in [2.75, 3.05) is 5.32 Å². The smallest absolute Gasteiger partial charge is 0.270 e. The van der Waals surface area contributed by atoms with Crippen LogP contribution in [-0.4, -0.2) is 10.8 Å². The number of benzene rings is 2. The van der Waals surface area contributed by atoms with E-state index in [9.17, 15) is 14.9 Å². The molecule has 0 aromatic heterocycles. The lowest BCUT2D eigenvalue weighted by atomic mass is 10.2. The third-order valence-electron chi connectivity index (χ3n) is 2.89. The molecule has 0 radical (unpaired) electrons. The highest BCUT2D eigenvalue weighted by Gasteiger charge is 2.05. The second-order valence-electron chi connectivity index (χ2n) is 4.66. The van der Waals surface area contributed by atoms with Gasteiger partial charge >= 0.3 is 0 Å². The van der Waals surface area contributed by atoms with Gasteiger partial charge in [-0.3, -0.25) is 14.9 Å². The van der Waals surface area contributed by atoms with E-state index in [-0.39, 0.29) is 11.6 Å². The van der Waals surface area contributed by atoms with Gasteiger partial charge in [0.2, 0.25) is 5.91 Å². The molecule has 2 aromatic rings. The molecule has 0 aliphatic heterocycles. The quantitative estimate of drug-likeness (QED) is 0.501. The molecule has 112 valence electrons. The summed E-state index contributed by atoms with van der Waals surface area (Å²) in [6.45, 7) is 1.96. The highest BCUT2D eigenvalue weighted by Crippen LogP contribution is 2.23. The average molecular weight is 361 g/mol. The van der Waals surface area contributed by atoms with Crippen LogP contribution in [0.5, 0.6) is 0 Å². The van der Waals surface area contributed by atoms with Gasteiger partial charge in [-0.2, -0.15) is 0 Å². The lowest BCUT2D eigenvalue weighted by molar-refractivity contribution is -0.384. The highest BCUT2D eigenvalue weighted by molar-refractivity contribution is 9.10. The summed E-state index contributed by atoms with van der Waals surface area (Å²) in [6, 6.07) is 11.7. The fourth-order valence-corrected chi connectivity index (χ4v) is 2.40. The van der Waals surface area contributed by atoms with Crippen molar-refractivity contribution in [3.8, 4) is 0 Å². The Morgan fingerprint density at radius 3 is 2.73 bits per heavy atom. The second kappa shape index (κ2) is 7.00. The van der Waals surface area contributed by atoms with E-state index in [2.05, 4.69) is 21.2 Å². The van der Waals surface area contributed by atoms with Crippen LogP contribution in [0.25, 0.3) is 6.08 Å². The van der Waals surface area contributed by atoms with Crippen molar-refractivity contribution in [2.24, 2.45) is 0 Å². The van der Waals surface area contributed by atoms with E-state index >= 15 is 0 Å². The minimum absolute atomic E-state index is 0.0103. The van der Waals surface area contributed by atoms with Crippen molar-refractivity contribution >= 4 is 39.3 Å². The predicted octanol–water partition coefficient (Wildman–Crippen LogP) is 4.32. The molecule has 1 amide bonds. The van der Waals surface area contributed by atoms with Gasteiger partial charge in [-0.05, 0) is 52.2 Å². The van der Waals surface area contributed by atoms with Gasteiger partial charge in [-0.1, -0.05) is 18.2 Å². The van der Waals surface area contributed by atoms with Crippen molar-refractivity contribution in [1.82, 2.24) is 0 Å². The van der Waals surface area contributed by atoms with E-state index in [1.54, 1.807) is 18.2 Å². The van der Waals surface area contributed by atoms with Crippen LogP contribution >= 0.6 is 15.9 Å². The summed E-state index contributed by atoms with van der Waals surface area (Å²) in [5.41, 5.74) is 2.33. The molecule has 0 atom stereocenters. The maximum atomic E-state index is 11.9. The Hall–Kier alpha value is -2.47. The second-order valence-corrected chi connectivity index (χ2v) is 5.51. The molecule has 0 saturated carbocycles. The number of amides is 1. The van der Waals surface area contributed by atoms with Gasteiger partial charge in [-0.15, -0.1) is 0 Å². The number of rotatable bonds is 4.